The minimum absolute atomic E-state index is 0.400. The van der Waals surface area contributed by atoms with E-state index in [2.05, 4.69) is 5.32 Å². The fourth-order valence-corrected chi connectivity index (χ4v) is 0.941. The first-order chi connectivity index (χ1) is 5.75. The van der Waals surface area contributed by atoms with Crippen molar-refractivity contribution in [2.75, 3.05) is 18.4 Å². The maximum Gasteiger partial charge on any atom is 0.248 e. The molecule has 3 N–H and O–H groups in total. The molecule has 66 valence electrons. The second-order valence-electron chi connectivity index (χ2n) is 2.67. The summed E-state index contributed by atoms with van der Waals surface area (Å²) in [6.45, 7) is 1.37. The molecule has 0 aromatic heterocycles. The highest BCUT2D eigenvalue weighted by Crippen LogP contribution is 1.95. The molecule has 0 amide bonds. The van der Waals surface area contributed by atoms with Gasteiger partial charge in [-0.3, -0.25) is 9.59 Å². The number of nitrogens with one attached hydrogen (secondary N) is 1. The van der Waals surface area contributed by atoms with Crippen LogP contribution in [0.3, 0.4) is 0 Å². The highest BCUT2D eigenvalue weighted by molar-refractivity contribution is 5.46. The zero-order valence-corrected chi connectivity index (χ0v) is 6.80. The Morgan fingerprint density at radius 3 is 2.58 bits per heavy atom. The van der Waals surface area contributed by atoms with Crippen molar-refractivity contribution in [2.45, 2.75) is 12.8 Å². The molecule has 1 aromatic rings. The Balaban J connectivity index is 2.23. The number of nitrogens with two attached hydrogens (primary N) is 1. The quantitative estimate of drug-likeness (QED) is 0.456. The Kier molecular flexibility index (Phi) is 2.99. The van der Waals surface area contributed by atoms with Crippen molar-refractivity contribution in [3.05, 3.63) is 26.5 Å². The number of anilines is 1. The summed E-state index contributed by atoms with van der Waals surface area (Å²) in [4.78, 5) is 21.2. The van der Waals surface area contributed by atoms with E-state index < -0.39 is 10.9 Å². The van der Waals surface area contributed by atoms with E-state index in [-0.39, 0.29) is 0 Å². The SMILES string of the molecule is NCCCCNc1cc(=O)c1=O. The minimum Gasteiger partial charge on any atom is -0.382 e. The Morgan fingerprint density at radius 1 is 1.33 bits per heavy atom. The molecule has 0 atom stereocenters. The third kappa shape index (κ3) is 1.92. The predicted molar refractivity (Wildman–Crippen MR) is 48.1 cm³/mol. The number of unbranched alkanes of at least 4 members (excludes halogenated alkanes) is 1. The van der Waals surface area contributed by atoms with Crippen LogP contribution in [0.2, 0.25) is 0 Å². The summed E-state index contributed by atoms with van der Waals surface area (Å²) in [7, 11) is 0. The van der Waals surface area contributed by atoms with Gasteiger partial charge in [-0.05, 0) is 19.4 Å². The van der Waals surface area contributed by atoms with E-state index in [1.54, 1.807) is 0 Å². The molecule has 1 aromatic carbocycles. The summed E-state index contributed by atoms with van der Waals surface area (Å²) in [5, 5.41) is 2.87. The summed E-state index contributed by atoms with van der Waals surface area (Å²) in [5.41, 5.74) is 4.91. The normalized spacial score (nSPS) is 10.4. The second-order valence-corrected chi connectivity index (χ2v) is 2.67. The summed E-state index contributed by atoms with van der Waals surface area (Å²) >= 11 is 0. The molecule has 0 aliphatic rings. The molecule has 0 radical (unpaired) electrons. The predicted octanol–water partition coefficient (Wildman–Crippen LogP) is -0.567. The lowest BCUT2D eigenvalue weighted by atomic mass is 10.2. The highest BCUT2D eigenvalue weighted by Gasteiger charge is 2.06. The van der Waals surface area contributed by atoms with Crippen molar-refractivity contribution < 1.29 is 0 Å². The van der Waals surface area contributed by atoms with Gasteiger partial charge in [0.2, 0.25) is 10.9 Å². The van der Waals surface area contributed by atoms with Gasteiger partial charge in [0.25, 0.3) is 0 Å². The molecule has 4 nitrogen and oxygen atoms in total. The molecule has 0 saturated heterocycles. The van der Waals surface area contributed by atoms with E-state index in [0.29, 0.717) is 18.8 Å². The second kappa shape index (κ2) is 4.01. The molecular formula is C8H12N2O2. The van der Waals surface area contributed by atoms with Crippen LogP contribution in [0.15, 0.2) is 15.7 Å². The molecule has 0 bridgehead atoms. The van der Waals surface area contributed by atoms with Gasteiger partial charge in [-0.25, -0.2) is 0 Å². The van der Waals surface area contributed by atoms with Gasteiger partial charge in [-0.15, -0.1) is 0 Å². The lowest BCUT2D eigenvalue weighted by Crippen LogP contribution is -2.32. The van der Waals surface area contributed by atoms with Crippen molar-refractivity contribution in [3.63, 3.8) is 0 Å². The molecule has 1 rings (SSSR count). The molecule has 0 fully saturated rings. The molecule has 0 aliphatic heterocycles. The van der Waals surface area contributed by atoms with E-state index >= 15 is 0 Å². The third-order valence-corrected chi connectivity index (χ3v) is 1.69. The van der Waals surface area contributed by atoms with E-state index in [1.807, 2.05) is 0 Å². The van der Waals surface area contributed by atoms with Gasteiger partial charge in [0.15, 0.2) is 0 Å². The number of hydrogen-bond donors (Lipinski definition) is 2. The van der Waals surface area contributed by atoms with Crippen molar-refractivity contribution in [2.24, 2.45) is 5.73 Å². The summed E-state index contributed by atoms with van der Waals surface area (Å²) in [5.74, 6) is 0. The largest absolute Gasteiger partial charge is 0.382 e. The zero-order chi connectivity index (χ0) is 8.97. The highest BCUT2D eigenvalue weighted by atomic mass is 16.2. The summed E-state index contributed by atoms with van der Waals surface area (Å²) < 4.78 is 0. The first-order valence-electron chi connectivity index (χ1n) is 4.00. The van der Waals surface area contributed by atoms with Gasteiger partial charge < -0.3 is 11.1 Å². The molecule has 0 aliphatic carbocycles. The van der Waals surface area contributed by atoms with Crippen LogP contribution >= 0.6 is 0 Å². The summed E-state index contributed by atoms with van der Waals surface area (Å²) in [6.07, 6.45) is 1.86. The van der Waals surface area contributed by atoms with Crippen LogP contribution in [0.1, 0.15) is 12.8 Å². The molecule has 0 heterocycles. The van der Waals surface area contributed by atoms with E-state index in [4.69, 9.17) is 5.73 Å². The number of rotatable bonds is 5. The molecule has 12 heavy (non-hydrogen) atoms. The standard InChI is InChI=1S/C8H12N2O2/c9-3-1-2-4-10-6-5-7(11)8(6)12/h5,10H,1-4,9H2. The van der Waals surface area contributed by atoms with Crippen LogP contribution in [0, 0.1) is 0 Å². The van der Waals surface area contributed by atoms with Crippen LogP contribution in [-0.2, 0) is 0 Å². The van der Waals surface area contributed by atoms with Gasteiger partial charge in [0.05, 0.1) is 5.69 Å². The molecule has 0 spiro atoms. The Morgan fingerprint density at radius 2 is 2.08 bits per heavy atom. The topological polar surface area (TPSA) is 72.2 Å². The van der Waals surface area contributed by atoms with Crippen LogP contribution in [0.25, 0.3) is 0 Å². The maximum absolute atomic E-state index is 10.7. The minimum atomic E-state index is -0.406. The third-order valence-electron chi connectivity index (χ3n) is 1.69. The van der Waals surface area contributed by atoms with Gasteiger partial charge in [-0.1, -0.05) is 0 Å². The fourth-order valence-electron chi connectivity index (χ4n) is 0.941. The van der Waals surface area contributed by atoms with Gasteiger partial charge in [0, 0.05) is 12.6 Å². The van der Waals surface area contributed by atoms with E-state index in [1.165, 1.54) is 6.07 Å². The van der Waals surface area contributed by atoms with Crippen LogP contribution in [0.5, 0.6) is 0 Å². The van der Waals surface area contributed by atoms with Gasteiger partial charge in [0.1, 0.15) is 0 Å². The fraction of sp³-hybridized carbons (Fsp3) is 0.500. The zero-order valence-electron chi connectivity index (χ0n) is 6.80. The molecule has 0 unspecified atom stereocenters. The average Bonchev–Trinajstić information content (AvgIpc) is 2.10. The van der Waals surface area contributed by atoms with E-state index in [0.717, 1.165) is 12.8 Å². The number of hydrogen-bond acceptors (Lipinski definition) is 4. The molecule has 0 saturated carbocycles. The van der Waals surface area contributed by atoms with Crippen molar-refractivity contribution in [1.82, 2.24) is 0 Å². The maximum atomic E-state index is 10.7. The van der Waals surface area contributed by atoms with Crippen molar-refractivity contribution in [3.8, 4) is 0 Å². The average molecular weight is 168 g/mol. The first-order valence-corrected chi connectivity index (χ1v) is 4.00. The van der Waals surface area contributed by atoms with Gasteiger partial charge in [-0.2, -0.15) is 0 Å². The molecular weight excluding hydrogens is 156 g/mol. The van der Waals surface area contributed by atoms with Gasteiger partial charge >= 0.3 is 0 Å². The molecule has 4 heteroatoms. The van der Waals surface area contributed by atoms with Crippen molar-refractivity contribution >= 4 is 5.69 Å². The Hall–Kier alpha value is -1.16. The van der Waals surface area contributed by atoms with Crippen LogP contribution < -0.4 is 21.9 Å². The summed E-state index contributed by atoms with van der Waals surface area (Å²) in [6, 6.07) is 1.32. The van der Waals surface area contributed by atoms with Crippen LogP contribution in [0.4, 0.5) is 5.69 Å². The smallest absolute Gasteiger partial charge is 0.248 e. The monoisotopic (exact) mass is 168 g/mol. The first kappa shape index (κ1) is 8.93. The lowest BCUT2D eigenvalue weighted by molar-refractivity contribution is 0.773. The lowest BCUT2D eigenvalue weighted by Gasteiger charge is -2.04. The van der Waals surface area contributed by atoms with E-state index in [9.17, 15) is 9.59 Å². The van der Waals surface area contributed by atoms with Crippen molar-refractivity contribution in [1.29, 1.82) is 0 Å². The Bertz CT molecular complexity index is 312. The Labute approximate surface area is 70.1 Å². The van der Waals surface area contributed by atoms with Crippen LogP contribution in [-0.4, -0.2) is 13.1 Å².